The average molecular weight is 292 g/mol. The summed E-state index contributed by atoms with van der Waals surface area (Å²) in [5.41, 5.74) is 0.868. The molecule has 0 spiro atoms. The van der Waals surface area contributed by atoms with Crippen LogP contribution >= 0.6 is 0 Å². The van der Waals surface area contributed by atoms with Gasteiger partial charge in [0.05, 0.1) is 17.6 Å². The van der Waals surface area contributed by atoms with E-state index < -0.39 is 0 Å². The maximum absolute atomic E-state index is 11.0. The first-order valence-corrected chi connectivity index (χ1v) is 7.88. The summed E-state index contributed by atoms with van der Waals surface area (Å²) in [4.78, 5) is 10.7. The van der Waals surface area contributed by atoms with Crippen LogP contribution in [0.2, 0.25) is 0 Å². The van der Waals surface area contributed by atoms with Gasteiger partial charge in [-0.2, -0.15) is 0 Å². The molecule has 0 radical (unpaired) electrons. The number of benzene rings is 1. The number of ether oxygens (including phenoxy) is 1. The number of non-ortho nitro benzene ring substituents is 1. The molecule has 1 saturated carbocycles. The van der Waals surface area contributed by atoms with Crippen LogP contribution in [-0.2, 0) is 0 Å². The number of rotatable bonds is 5. The van der Waals surface area contributed by atoms with Crippen LogP contribution in [0.3, 0.4) is 0 Å². The molecule has 1 fully saturated rings. The van der Waals surface area contributed by atoms with Crippen molar-refractivity contribution < 1.29 is 9.66 Å². The normalized spacial score (nSPS) is 16.8. The Balaban J connectivity index is 2.11. The highest BCUT2D eigenvalue weighted by atomic mass is 16.6. The molecule has 0 unspecified atom stereocenters. The van der Waals surface area contributed by atoms with E-state index >= 15 is 0 Å². The van der Waals surface area contributed by atoms with Crippen molar-refractivity contribution in [3.05, 3.63) is 28.3 Å². The van der Waals surface area contributed by atoms with E-state index in [4.69, 9.17) is 4.74 Å². The molecular weight excluding hydrogens is 268 g/mol. The summed E-state index contributed by atoms with van der Waals surface area (Å²) in [7, 11) is 0. The fourth-order valence-corrected chi connectivity index (χ4v) is 2.86. The molecule has 0 heterocycles. The number of hydrogen-bond donors (Lipinski definition) is 1. The number of hydrogen-bond acceptors (Lipinski definition) is 4. The summed E-state index contributed by atoms with van der Waals surface area (Å²) in [6, 6.07) is 5.34. The van der Waals surface area contributed by atoms with Crippen molar-refractivity contribution in [1.82, 2.24) is 0 Å². The second kappa shape index (κ2) is 7.86. The Bertz CT molecular complexity index is 469. The van der Waals surface area contributed by atoms with Gasteiger partial charge in [0.15, 0.2) is 0 Å². The van der Waals surface area contributed by atoms with Crippen molar-refractivity contribution in [2.24, 2.45) is 0 Å². The number of nitro benzene ring substituents is 1. The predicted octanol–water partition coefficient (Wildman–Crippen LogP) is 4.52. The summed E-state index contributed by atoms with van der Waals surface area (Å²) in [5.74, 6) is 0.556. The fraction of sp³-hybridized carbons (Fsp3) is 0.625. The van der Waals surface area contributed by atoms with Crippen LogP contribution in [0.1, 0.15) is 51.9 Å². The van der Waals surface area contributed by atoms with E-state index in [-0.39, 0.29) is 10.6 Å². The molecule has 0 saturated heterocycles. The Morgan fingerprint density at radius 3 is 2.48 bits per heavy atom. The second-order valence-electron chi connectivity index (χ2n) is 5.59. The molecule has 0 aliphatic heterocycles. The first kappa shape index (κ1) is 15.6. The molecule has 1 aromatic carbocycles. The van der Waals surface area contributed by atoms with Crippen LogP contribution in [0.5, 0.6) is 5.75 Å². The predicted molar refractivity (Wildman–Crippen MR) is 84.0 cm³/mol. The lowest BCUT2D eigenvalue weighted by atomic mass is 9.96. The monoisotopic (exact) mass is 292 g/mol. The van der Waals surface area contributed by atoms with Crippen LogP contribution in [-0.4, -0.2) is 17.6 Å². The molecular formula is C16H24N2O3. The van der Waals surface area contributed by atoms with Crippen LogP contribution < -0.4 is 10.1 Å². The van der Waals surface area contributed by atoms with Crippen LogP contribution in [0.4, 0.5) is 11.4 Å². The highest BCUT2D eigenvalue weighted by Crippen LogP contribution is 2.28. The van der Waals surface area contributed by atoms with Gasteiger partial charge in [0.1, 0.15) is 5.75 Å². The highest BCUT2D eigenvalue weighted by molar-refractivity contribution is 5.56. The third kappa shape index (κ3) is 4.92. The third-order valence-corrected chi connectivity index (χ3v) is 3.89. The third-order valence-electron chi connectivity index (χ3n) is 3.89. The van der Waals surface area contributed by atoms with Crippen molar-refractivity contribution in [3.8, 4) is 5.75 Å². The van der Waals surface area contributed by atoms with Crippen molar-refractivity contribution in [2.75, 3.05) is 11.9 Å². The van der Waals surface area contributed by atoms with E-state index in [1.165, 1.54) is 38.2 Å². The lowest BCUT2D eigenvalue weighted by Crippen LogP contribution is -2.20. The van der Waals surface area contributed by atoms with Crippen molar-refractivity contribution in [1.29, 1.82) is 0 Å². The molecule has 2 rings (SSSR count). The van der Waals surface area contributed by atoms with Crippen LogP contribution in [0.15, 0.2) is 18.2 Å². The zero-order valence-corrected chi connectivity index (χ0v) is 12.6. The molecule has 0 aromatic heterocycles. The zero-order chi connectivity index (χ0) is 15.1. The fourth-order valence-electron chi connectivity index (χ4n) is 2.86. The minimum atomic E-state index is -0.369. The van der Waals surface area contributed by atoms with Gasteiger partial charge in [0.2, 0.25) is 0 Å². The van der Waals surface area contributed by atoms with Crippen molar-refractivity contribution in [3.63, 3.8) is 0 Å². The second-order valence-corrected chi connectivity index (χ2v) is 5.59. The molecule has 5 nitrogen and oxygen atoms in total. The molecule has 0 bridgehead atoms. The Morgan fingerprint density at radius 1 is 1.19 bits per heavy atom. The number of anilines is 1. The van der Waals surface area contributed by atoms with Gasteiger partial charge in [0, 0.05) is 23.9 Å². The molecule has 5 heteroatoms. The van der Waals surface area contributed by atoms with Crippen LogP contribution in [0, 0.1) is 10.1 Å². The summed E-state index contributed by atoms with van der Waals surface area (Å²) >= 11 is 0. The maximum atomic E-state index is 11.0. The van der Waals surface area contributed by atoms with Crippen molar-refractivity contribution in [2.45, 2.75) is 57.9 Å². The maximum Gasteiger partial charge on any atom is 0.275 e. The van der Waals surface area contributed by atoms with Gasteiger partial charge in [-0.15, -0.1) is 0 Å². The van der Waals surface area contributed by atoms with E-state index in [2.05, 4.69) is 5.32 Å². The van der Waals surface area contributed by atoms with Gasteiger partial charge in [-0.05, 0) is 19.8 Å². The van der Waals surface area contributed by atoms with E-state index in [1.54, 1.807) is 6.07 Å². The molecule has 1 aliphatic carbocycles. The van der Waals surface area contributed by atoms with Gasteiger partial charge in [-0.25, -0.2) is 0 Å². The molecule has 0 amide bonds. The zero-order valence-electron chi connectivity index (χ0n) is 12.6. The first-order valence-electron chi connectivity index (χ1n) is 7.88. The summed E-state index contributed by atoms with van der Waals surface area (Å²) < 4.78 is 5.43. The number of nitrogens with zero attached hydrogens (tertiary/aromatic N) is 1. The van der Waals surface area contributed by atoms with Crippen molar-refractivity contribution >= 4 is 11.4 Å². The molecule has 1 N–H and O–H groups in total. The highest BCUT2D eigenvalue weighted by Gasteiger charge is 2.15. The van der Waals surface area contributed by atoms with E-state index in [1.807, 2.05) is 13.0 Å². The SMILES string of the molecule is CCOc1cc(NC2CCCCCCC2)cc([N+](=O)[O-])c1. The van der Waals surface area contributed by atoms with Gasteiger partial charge in [0.25, 0.3) is 5.69 Å². The average Bonchev–Trinajstić information content (AvgIpc) is 2.42. The summed E-state index contributed by atoms with van der Waals surface area (Å²) in [6.45, 7) is 2.38. The number of nitrogens with one attached hydrogen (secondary N) is 1. The Morgan fingerprint density at radius 2 is 1.86 bits per heavy atom. The lowest BCUT2D eigenvalue weighted by molar-refractivity contribution is -0.384. The molecule has 1 aromatic rings. The van der Waals surface area contributed by atoms with E-state index in [0.29, 0.717) is 18.4 Å². The topological polar surface area (TPSA) is 64.4 Å². The minimum Gasteiger partial charge on any atom is -0.494 e. The molecule has 116 valence electrons. The summed E-state index contributed by atoms with van der Waals surface area (Å²) in [6.07, 6.45) is 8.63. The van der Waals surface area contributed by atoms with Crippen LogP contribution in [0.25, 0.3) is 0 Å². The molecule has 0 atom stereocenters. The smallest absolute Gasteiger partial charge is 0.275 e. The Kier molecular flexibility index (Phi) is 5.84. The largest absolute Gasteiger partial charge is 0.494 e. The molecule has 1 aliphatic rings. The molecule has 21 heavy (non-hydrogen) atoms. The van der Waals surface area contributed by atoms with Gasteiger partial charge < -0.3 is 10.1 Å². The Labute approximate surface area is 125 Å². The van der Waals surface area contributed by atoms with Gasteiger partial charge >= 0.3 is 0 Å². The quantitative estimate of drug-likeness (QED) is 0.640. The first-order chi connectivity index (χ1) is 10.2. The minimum absolute atomic E-state index is 0.0781. The van der Waals surface area contributed by atoms with E-state index in [9.17, 15) is 10.1 Å². The van der Waals surface area contributed by atoms with Gasteiger partial charge in [-0.3, -0.25) is 10.1 Å². The standard InChI is InChI=1S/C16H24N2O3/c1-2-21-16-11-14(10-15(12-16)18(19)20)17-13-8-6-4-3-5-7-9-13/h10-13,17H,2-9H2,1H3. The summed E-state index contributed by atoms with van der Waals surface area (Å²) in [5, 5.41) is 14.5. The Hall–Kier alpha value is -1.78. The van der Waals surface area contributed by atoms with E-state index in [0.717, 1.165) is 18.5 Å². The number of nitro groups is 1. The van der Waals surface area contributed by atoms with Gasteiger partial charge in [-0.1, -0.05) is 32.1 Å². The lowest BCUT2D eigenvalue weighted by Gasteiger charge is -2.22.